The number of carbonyl (C=O) groups excluding carboxylic acids is 1. The predicted octanol–water partition coefficient (Wildman–Crippen LogP) is 2.89. The molecule has 136 valence electrons. The second-order valence-corrected chi connectivity index (χ2v) is 6.26. The lowest BCUT2D eigenvalue weighted by Gasteiger charge is -2.35. The van der Waals surface area contributed by atoms with Gasteiger partial charge in [0.05, 0.1) is 5.69 Å². The number of rotatable bonds is 3. The highest BCUT2D eigenvalue weighted by Crippen LogP contribution is 2.21. The molecule has 2 amide bonds. The fourth-order valence-corrected chi connectivity index (χ4v) is 3.06. The molecule has 1 aromatic carbocycles. The van der Waals surface area contributed by atoms with E-state index in [9.17, 15) is 4.79 Å². The standard InChI is InChI=1S/C20H20N6O/c27-20(23-18-9-5-11-21-24-18)26-14-12-25(13-15-26)19-10-4-8-17(22-19)16-6-2-1-3-7-16/h1-11H,12-15H2,(H,23,24,27). The van der Waals surface area contributed by atoms with Crippen LogP contribution in [0.25, 0.3) is 11.3 Å². The highest BCUT2D eigenvalue weighted by molar-refractivity contribution is 5.88. The summed E-state index contributed by atoms with van der Waals surface area (Å²) in [7, 11) is 0. The molecule has 0 radical (unpaired) electrons. The van der Waals surface area contributed by atoms with Crippen LogP contribution >= 0.6 is 0 Å². The fourth-order valence-electron chi connectivity index (χ4n) is 3.06. The summed E-state index contributed by atoms with van der Waals surface area (Å²) >= 11 is 0. The van der Waals surface area contributed by atoms with Crippen LogP contribution in [0, 0.1) is 0 Å². The van der Waals surface area contributed by atoms with Gasteiger partial charge in [-0.3, -0.25) is 5.32 Å². The van der Waals surface area contributed by atoms with E-state index in [4.69, 9.17) is 4.98 Å². The number of hydrogen-bond acceptors (Lipinski definition) is 5. The number of benzene rings is 1. The van der Waals surface area contributed by atoms with Crippen LogP contribution in [-0.4, -0.2) is 52.3 Å². The van der Waals surface area contributed by atoms with E-state index < -0.39 is 0 Å². The van der Waals surface area contributed by atoms with Gasteiger partial charge in [0, 0.05) is 37.9 Å². The number of anilines is 2. The van der Waals surface area contributed by atoms with Gasteiger partial charge in [-0.25, -0.2) is 9.78 Å². The Kier molecular flexibility index (Phi) is 4.91. The first kappa shape index (κ1) is 17.0. The SMILES string of the molecule is O=C(Nc1cccnn1)N1CCN(c2cccc(-c3ccccc3)n2)CC1. The summed E-state index contributed by atoms with van der Waals surface area (Å²) in [6.45, 7) is 2.73. The summed E-state index contributed by atoms with van der Waals surface area (Å²) in [5.74, 6) is 1.40. The van der Waals surface area contributed by atoms with E-state index in [0.29, 0.717) is 18.9 Å². The summed E-state index contributed by atoms with van der Waals surface area (Å²) in [6.07, 6.45) is 1.57. The molecular formula is C20H20N6O. The van der Waals surface area contributed by atoms with Gasteiger partial charge in [0.15, 0.2) is 5.82 Å². The van der Waals surface area contributed by atoms with Crippen LogP contribution in [0.2, 0.25) is 0 Å². The molecule has 1 saturated heterocycles. The molecule has 0 aliphatic carbocycles. The number of hydrogen-bond donors (Lipinski definition) is 1. The van der Waals surface area contributed by atoms with Gasteiger partial charge in [0.25, 0.3) is 0 Å². The maximum Gasteiger partial charge on any atom is 0.323 e. The molecule has 3 aromatic rings. The van der Waals surface area contributed by atoms with Gasteiger partial charge >= 0.3 is 6.03 Å². The fraction of sp³-hybridized carbons (Fsp3) is 0.200. The number of nitrogens with zero attached hydrogens (tertiary/aromatic N) is 5. The van der Waals surface area contributed by atoms with Crippen molar-refractivity contribution >= 4 is 17.7 Å². The average Bonchev–Trinajstić information content (AvgIpc) is 2.75. The number of piperazine rings is 1. The maximum absolute atomic E-state index is 12.4. The molecule has 0 atom stereocenters. The van der Waals surface area contributed by atoms with Gasteiger partial charge in [-0.15, -0.1) is 5.10 Å². The van der Waals surface area contributed by atoms with Crippen LogP contribution in [0.3, 0.4) is 0 Å². The van der Waals surface area contributed by atoms with Gasteiger partial charge in [-0.2, -0.15) is 5.10 Å². The lowest BCUT2D eigenvalue weighted by molar-refractivity contribution is 0.208. The van der Waals surface area contributed by atoms with Crippen molar-refractivity contribution in [3.05, 3.63) is 66.9 Å². The highest BCUT2D eigenvalue weighted by Gasteiger charge is 2.22. The number of amides is 2. The number of urea groups is 1. The van der Waals surface area contributed by atoms with Gasteiger partial charge in [0.1, 0.15) is 5.82 Å². The minimum absolute atomic E-state index is 0.152. The first-order chi connectivity index (χ1) is 13.3. The molecule has 1 aliphatic rings. The van der Waals surface area contributed by atoms with Crippen LogP contribution in [0.1, 0.15) is 0 Å². The van der Waals surface area contributed by atoms with Crippen molar-refractivity contribution in [2.24, 2.45) is 0 Å². The molecule has 3 heterocycles. The second kappa shape index (κ2) is 7.82. The third kappa shape index (κ3) is 4.03. The van der Waals surface area contributed by atoms with Crippen molar-refractivity contribution < 1.29 is 4.79 Å². The monoisotopic (exact) mass is 360 g/mol. The van der Waals surface area contributed by atoms with E-state index >= 15 is 0 Å². The third-order valence-corrected chi connectivity index (χ3v) is 4.50. The minimum Gasteiger partial charge on any atom is -0.353 e. The lowest BCUT2D eigenvalue weighted by atomic mass is 10.1. The van der Waals surface area contributed by atoms with Crippen molar-refractivity contribution in [3.63, 3.8) is 0 Å². The summed E-state index contributed by atoms with van der Waals surface area (Å²) < 4.78 is 0. The van der Waals surface area contributed by atoms with E-state index in [2.05, 4.69) is 32.5 Å². The smallest absolute Gasteiger partial charge is 0.323 e. The molecule has 7 nitrogen and oxygen atoms in total. The van der Waals surface area contributed by atoms with E-state index in [0.717, 1.165) is 30.2 Å². The number of nitrogens with one attached hydrogen (secondary N) is 1. The summed E-state index contributed by atoms with van der Waals surface area (Å²) in [4.78, 5) is 21.1. The molecule has 7 heteroatoms. The maximum atomic E-state index is 12.4. The zero-order valence-electron chi connectivity index (χ0n) is 14.8. The largest absolute Gasteiger partial charge is 0.353 e. The van der Waals surface area contributed by atoms with Gasteiger partial charge in [-0.05, 0) is 24.3 Å². The summed E-state index contributed by atoms with van der Waals surface area (Å²) in [6, 6.07) is 19.5. The van der Waals surface area contributed by atoms with Crippen LogP contribution in [0.4, 0.5) is 16.4 Å². The molecule has 4 rings (SSSR count). The van der Waals surface area contributed by atoms with Crippen molar-refractivity contribution in [2.45, 2.75) is 0 Å². The quantitative estimate of drug-likeness (QED) is 0.777. The Hall–Kier alpha value is -3.48. The first-order valence-electron chi connectivity index (χ1n) is 8.91. The molecule has 2 aromatic heterocycles. The Balaban J connectivity index is 1.39. The normalized spacial score (nSPS) is 14.1. The van der Waals surface area contributed by atoms with Gasteiger partial charge < -0.3 is 9.80 Å². The second-order valence-electron chi connectivity index (χ2n) is 6.26. The zero-order valence-corrected chi connectivity index (χ0v) is 14.8. The predicted molar refractivity (Wildman–Crippen MR) is 105 cm³/mol. The average molecular weight is 360 g/mol. The molecule has 1 aliphatic heterocycles. The van der Waals surface area contributed by atoms with E-state index in [1.54, 1.807) is 23.2 Å². The third-order valence-electron chi connectivity index (χ3n) is 4.50. The van der Waals surface area contributed by atoms with E-state index in [1.807, 2.05) is 36.4 Å². The lowest BCUT2D eigenvalue weighted by Crippen LogP contribution is -2.50. The summed E-state index contributed by atoms with van der Waals surface area (Å²) in [5.41, 5.74) is 2.05. The van der Waals surface area contributed by atoms with Gasteiger partial charge in [0.2, 0.25) is 0 Å². The molecular weight excluding hydrogens is 340 g/mol. The Morgan fingerprint density at radius 2 is 1.70 bits per heavy atom. The zero-order chi connectivity index (χ0) is 18.5. The van der Waals surface area contributed by atoms with Crippen LogP contribution in [0.15, 0.2) is 66.9 Å². The Morgan fingerprint density at radius 1 is 0.889 bits per heavy atom. The molecule has 0 bridgehead atoms. The van der Waals surface area contributed by atoms with Crippen LogP contribution < -0.4 is 10.2 Å². The van der Waals surface area contributed by atoms with Crippen molar-refractivity contribution in [2.75, 3.05) is 36.4 Å². The Morgan fingerprint density at radius 3 is 2.44 bits per heavy atom. The van der Waals surface area contributed by atoms with Crippen molar-refractivity contribution in [1.82, 2.24) is 20.1 Å². The van der Waals surface area contributed by atoms with Crippen molar-refractivity contribution in [1.29, 1.82) is 0 Å². The topological polar surface area (TPSA) is 74.2 Å². The molecule has 0 unspecified atom stereocenters. The van der Waals surface area contributed by atoms with E-state index in [1.165, 1.54) is 0 Å². The Bertz CT molecular complexity index is 895. The van der Waals surface area contributed by atoms with Crippen molar-refractivity contribution in [3.8, 4) is 11.3 Å². The van der Waals surface area contributed by atoms with Crippen LogP contribution in [-0.2, 0) is 0 Å². The molecule has 0 saturated carbocycles. The van der Waals surface area contributed by atoms with Crippen LogP contribution in [0.5, 0.6) is 0 Å². The number of carbonyl (C=O) groups is 1. The number of pyridine rings is 1. The van der Waals surface area contributed by atoms with E-state index in [-0.39, 0.29) is 6.03 Å². The Labute approximate surface area is 157 Å². The molecule has 0 spiro atoms. The molecule has 1 fully saturated rings. The first-order valence-corrected chi connectivity index (χ1v) is 8.91. The molecule has 1 N–H and O–H groups in total. The van der Waals surface area contributed by atoms with Gasteiger partial charge in [-0.1, -0.05) is 36.4 Å². The summed E-state index contributed by atoms with van der Waals surface area (Å²) in [5, 5.41) is 10.4. The highest BCUT2D eigenvalue weighted by atomic mass is 16.2. The molecule has 27 heavy (non-hydrogen) atoms. The minimum atomic E-state index is -0.152. The number of aromatic nitrogens is 3.